The molecule has 1 aromatic carbocycles. The molecule has 0 fully saturated rings. The van der Waals surface area contributed by atoms with E-state index < -0.39 is 12.1 Å². The summed E-state index contributed by atoms with van der Waals surface area (Å²) in [5.41, 5.74) is 6.65. The van der Waals surface area contributed by atoms with Crippen molar-refractivity contribution in [3.63, 3.8) is 0 Å². The Morgan fingerprint density at radius 2 is 1.53 bits per heavy atom. The molecule has 4 N–H and O–H groups in total. The van der Waals surface area contributed by atoms with E-state index in [1.54, 1.807) is 12.1 Å². The molecule has 1 aromatic rings. The van der Waals surface area contributed by atoms with E-state index in [4.69, 9.17) is 15.2 Å². The first-order valence-corrected chi connectivity index (χ1v) is 5.80. The third-order valence-electron chi connectivity index (χ3n) is 2.94. The molecule has 0 bridgehead atoms. The minimum absolute atomic E-state index is 0. The van der Waals surface area contributed by atoms with Gasteiger partial charge in [0.2, 0.25) is 5.75 Å². The normalized spacial score (nSPS) is 13.6. The highest BCUT2D eigenvalue weighted by Crippen LogP contribution is 2.39. The maximum Gasteiger partial charge on any atom is 0.200 e. The first-order valence-electron chi connectivity index (χ1n) is 5.80. The fraction of sp³-hybridized carbons (Fsp3) is 0.538. The summed E-state index contributed by atoms with van der Waals surface area (Å²) >= 11 is 0. The van der Waals surface area contributed by atoms with Gasteiger partial charge < -0.3 is 25.4 Å². The van der Waals surface area contributed by atoms with Gasteiger partial charge in [-0.3, -0.25) is 0 Å². The highest BCUT2D eigenvalue weighted by molar-refractivity contribution is 5.85. The van der Waals surface area contributed by atoms with E-state index in [1.165, 1.54) is 14.2 Å². The predicted octanol–water partition coefficient (Wildman–Crippen LogP) is 1.85. The standard InChI is InChI=1S/C13H21NO4.ClH/c1-7(2)12(15)11(14)8-5-9(17-3)13(16)10(6-8)18-4;/h5-7,11-12,15-16H,14H2,1-4H3;1H/t11-,12+;/m0./s1. The zero-order valence-electron chi connectivity index (χ0n) is 11.6. The van der Waals surface area contributed by atoms with Gasteiger partial charge in [-0.05, 0) is 23.6 Å². The third-order valence-corrected chi connectivity index (χ3v) is 2.94. The van der Waals surface area contributed by atoms with E-state index >= 15 is 0 Å². The van der Waals surface area contributed by atoms with Crippen LogP contribution in [0.25, 0.3) is 0 Å². The summed E-state index contributed by atoms with van der Waals surface area (Å²) in [6.07, 6.45) is -0.677. The largest absolute Gasteiger partial charge is 0.502 e. The highest BCUT2D eigenvalue weighted by atomic mass is 35.5. The van der Waals surface area contributed by atoms with E-state index in [1.807, 2.05) is 13.8 Å². The van der Waals surface area contributed by atoms with Gasteiger partial charge in [0, 0.05) is 0 Å². The molecular formula is C13H22ClNO4. The van der Waals surface area contributed by atoms with Gasteiger partial charge in [0.25, 0.3) is 0 Å². The van der Waals surface area contributed by atoms with Crippen LogP contribution in [0.15, 0.2) is 12.1 Å². The van der Waals surface area contributed by atoms with Gasteiger partial charge in [0.15, 0.2) is 11.5 Å². The molecule has 0 unspecified atom stereocenters. The second-order valence-corrected chi connectivity index (χ2v) is 4.53. The van der Waals surface area contributed by atoms with E-state index in [2.05, 4.69) is 0 Å². The van der Waals surface area contributed by atoms with Gasteiger partial charge in [-0.1, -0.05) is 13.8 Å². The number of phenols is 1. The molecular weight excluding hydrogens is 270 g/mol. The molecule has 0 aliphatic heterocycles. The van der Waals surface area contributed by atoms with Crippen molar-refractivity contribution < 1.29 is 19.7 Å². The summed E-state index contributed by atoms with van der Waals surface area (Å²) in [5, 5.41) is 19.8. The van der Waals surface area contributed by atoms with Crippen LogP contribution in [-0.2, 0) is 0 Å². The molecule has 1 rings (SSSR count). The van der Waals surface area contributed by atoms with Crippen LogP contribution in [0.1, 0.15) is 25.5 Å². The quantitative estimate of drug-likeness (QED) is 0.771. The SMILES string of the molecule is COc1cc([C@H](N)[C@H](O)C(C)C)cc(OC)c1O.Cl. The molecule has 0 aromatic heterocycles. The first kappa shape index (κ1) is 17.8. The second-order valence-electron chi connectivity index (χ2n) is 4.53. The Kier molecular flexibility index (Phi) is 6.97. The summed E-state index contributed by atoms with van der Waals surface area (Å²) in [6.45, 7) is 3.78. The Labute approximate surface area is 119 Å². The van der Waals surface area contributed by atoms with E-state index in [-0.39, 0.29) is 35.6 Å². The number of hydrogen-bond acceptors (Lipinski definition) is 5. The average molecular weight is 292 g/mol. The molecule has 6 heteroatoms. The number of aliphatic hydroxyl groups is 1. The van der Waals surface area contributed by atoms with Crippen molar-refractivity contribution in [2.24, 2.45) is 11.7 Å². The molecule has 0 saturated carbocycles. The van der Waals surface area contributed by atoms with Crippen molar-refractivity contribution in [3.05, 3.63) is 17.7 Å². The second kappa shape index (κ2) is 7.43. The van der Waals surface area contributed by atoms with Gasteiger partial charge >= 0.3 is 0 Å². The number of halogens is 1. The molecule has 0 aliphatic carbocycles. The van der Waals surface area contributed by atoms with Crippen LogP contribution in [0.4, 0.5) is 0 Å². The Balaban J connectivity index is 0.00000324. The van der Waals surface area contributed by atoms with Crippen molar-refractivity contribution >= 4 is 12.4 Å². The molecule has 0 amide bonds. The summed E-state index contributed by atoms with van der Waals surface area (Å²) in [5.74, 6) is 0.507. The average Bonchev–Trinajstić information content (AvgIpc) is 2.37. The van der Waals surface area contributed by atoms with Crippen molar-refractivity contribution in [2.45, 2.75) is 26.0 Å². The number of rotatable bonds is 5. The summed E-state index contributed by atoms with van der Waals surface area (Å²) < 4.78 is 10.1. The topological polar surface area (TPSA) is 84.9 Å². The molecule has 0 saturated heterocycles. The lowest BCUT2D eigenvalue weighted by Gasteiger charge is -2.23. The molecule has 0 radical (unpaired) electrons. The zero-order valence-corrected chi connectivity index (χ0v) is 12.4. The molecule has 2 atom stereocenters. The van der Waals surface area contributed by atoms with Crippen LogP contribution in [0.3, 0.4) is 0 Å². The van der Waals surface area contributed by atoms with Crippen molar-refractivity contribution in [1.29, 1.82) is 0 Å². The lowest BCUT2D eigenvalue weighted by Crippen LogP contribution is -2.30. The van der Waals surface area contributed by atoms with Crippen LogP contribution >= 0.6 is 12.4 Å². The first-order chi connectivity index (χ1) is 8.42. The molecule has 5 nitrogen and oxygen atoms in total. The lowest BCUT2D eigenvalue weighted by molar-refractivity contribution is 0.0977. The highest BCUT2D eigenvalue weighted by Gasteiger charge is 2.23. The number of methoxy groups -OCH3 is 2. The van der Waals surface area contributed by atoms with Crippen molar-refractivity contribution in [2.75, 3.05) is 14.2 Å². The zero-order chi connectivity index (χ0) is 13.9. The monoisotopic (exact) mass is 291 g/mol. The maximum absolute atomic E-state index is 9.98. The van der Waals surface area contributed by atoms with Crippen molar-refractivity contribution in [1.82, 2.24) is 0 Å². The lowest BCUT2D eigenvalue weighted by atomic mass is 9.94. The van der Waals surface area contributed by atoms with Crippen LogP contribution in [0.2, 0.25) is 0 Å². The Bertz CT molecular complexity index is 387. The van der Waals surface area contributed by atoms with Crippen LogP contribution < -0.4 is 15.2 Å². The number of hydrogen-bond donors (Lipinski definition) is 3. The molecule has 19 heavy (non-hydrogen) atoms. The number of benzene rings is 1. The van der Waals surface area contributed by atoms with E-state index in [9.17, 15) is 10.2 Å². The van der Waals surface area contributed by atoms with Gasteiger partial charge in [-0.15, -0.1) is 12.4 Å². The number of ether oxygens (including phenoxy) is 2. The van der Waals surface area contributed by atoms with Crippen LogP contribution in [-0.4, -0.2) is 30.5 Å². The van der Waals surface area contributed by atoms with E-state index in [0.29, 0.717) is 5.56 Å². The number of nitrogens with two attached hydrogens (primary N) is 1. The number of aliphatic hydroxyl groups excluding tert-OH is 1. The van der Waals surface area contributed by atoms with E-state index in [0.717, 1.165) is 0 Å². The maximum atomic E-state index is 9.98. The van der Waals surface area contributed by atoms with Gasteiger partial charge in [0.05, 0.1) is 26.4 Å². The van der Waals surface area contributed by atoms with Crippen molar-refractivity contribution in [3.8, 4) is 17.2 Å². The summed E-state index contributed by atoms with van der Waals surface area (Å²) in [7, 11) is 2.89. The van der Waals surface area contributed by atoms with Crippen LogP contribution in [0.5, 0.6) is 17.2 Å². The Hall–Kier alpha value is -1.17. The number of aromatic hydroxyl groups is 1. The fourth-order valence-corrected chi connectivity index (χ4v) is 1.72. The minimum Gasteiger partial charge on any atom is -0.502 e. The Morgan fingerprint density at radius 3 is 1.84 bits per heavy atom. The molecule has 0 spiro atoms. The number of phenolic OH excluding ortho intramolecular Hbond substituents is 1. The van der Waals surface area contributed by atoms with Gasteiger partial charge in [-0.25, -0.2) is 0 Å². The predicted molar refractivity (Wildman–Crippen MR) is 76.2 cm³/mol. The Morgan fingerprint density at radius 1 is 1.11 bits per heavy atom. The fourth-order valence-electron chi connectivity index (χ4n) is 1.72. The smallest absolute Gasteiger partial charge is 0.200 e. The minimum atomic E-state index is -0.677. The molecule has 0 aliphatic rings. The molecule has 0 heterocycles. The molecule has 110 valence electrons. The van der Waals surface area contributed by atoms with Gasteiger partial charge in [-0.2, -0.15) is 0 Å². The van der Waals surface area contributed by atoms with Gasteiger partial charge in [0.1, 0.15) is 0 Å². The summed E-state index contributed by atoms with van der Waals surface area (Å²) in [6, 6.07) is 2.65. The van der Waals surface area contributed by atoms with Crippen LogP contribution in [0, 0.1) is 5.92 Å². The summed E-state index contributed by atoms with van der Waals surface area (Å²) in [4.78, 5) is 0. The third kappa shape index (κ3) is 3.89.